The minimum Gasteiger partial charge on any atom is -0.657 e. The maximum absolute atomic E-state index is 15.1. The Morgan fingerprint density at radius 3 is 1.24 bits per heavy atom. The first kappa shape index (κ1) is 52.0. The average molecular weight is 1180 g/mol. The molecular formula is C67H57AuN2O2P2. The van der Waals surface area contributed by atoms with Crippen molar-refractivity contribution in [3.8, 4) is 33.5 Å². The molecule has 0 unspecified atom stereocenters. The van der Waals surface area contributed by atoms with Gasteiger partial charge in [-0.2, -0.15) is 35.9 Å². The van der Waals surface area contributed by atoms with E-state index in [1.807, 2.05) is 182 Å². The van der Waals surface area contributed by atoms with Gasteiger partial charge in [-0.3, -0.25) is 4.98 Å². The van der Waals surface area contributed by atoms with Crippen LogP contribution in [-0.2, 0) is 42.3 Å². The van der Waals surface area contributed by atoms with Crippen molar-refractivity contribution in [3.05, 3.63) is 260 Å². The van der Waals surface area contributed by atoms with Crippen molar-refractivity contribution in [1.82, 2.24) is 9.97 Å². The van der Waals surface area contributed by atoms with Crippen LogP contribution in [-0.4, -0.2) is 4.98 Å². The number of aromatic nitrogens is 2. The normalized spacial score (nSPS) is 11.9. The van der Waals surface area contributed by atoms with Crippen molar-refractivity contribution in [2.24, 2.45) is 0 Å². The van der Waals surface area contributed by atoms with Gasteiger partial charge in [-0.15, -0.1) is 34.3 Å². The molecule has 0 spiro atoms. The number of benzene rings is 9. The predicted molar refractivity (Wildman–Crippen MR) is 309 cm³/mol. The van der Waals surface area contributed by atoms with Crippen LogP contribution in [0.4, 0.5) is 0 Å². The van der Waals surface area contributed by atoms with Gasteiger partial charge in [0.2, 0.25) is 0 Å². The van der Waals surface area contributed by atoms with E-state index in [0.29, 0.717) is 0 Å². The summed E-state index contributed by atoms with van der Waals surface area (Å²) in [4.78, 5) is 9.44. The van der Waals surface area contributed by atoms with Gasteiger partial charge in [0.05, 0.1) is 0 Å². The molecule has 74 heavy (non-hydrogen) atoms. The molecule has 2 aromatic heterocycles. The summed E-state index contributed by atoms with van der Waals surface area (Å²) in [6.45, 7) is 13.4. The summed E-state index contributed by atoms with van der Waals surface area (Å²) in [6.07, 6.45) is 1.83. The van der Waals surface area contributed by atoms with E-state index in [1.54, 1.807) is 0 Å². The molecule has 0 N–H and O–H groups in total. The van der Waals surface area contributed by atoms with Crippen LogP contribution < -0.4 is 36.8 Å². The van der Waals surface area contributed by atoms with Crippen LogP contribution in [0.15, 0.2) is 237 Å². The van der Waals surface area contributed by atoms with Gasteiger partial charge in [-0.1, -0.05) is 229 Å². The van der Waals surface area contributed by atoms with E-state index in [-0.39, 0.29) is 33.2 Å². The Bertz CT molecular complexity index is 3460. The third-order valence-corrected chi connectivity index (χ3v) is 19.7. The number of hydrogen-bond acceptors (Lipinski definition) is 3. The second kappa shape index (κ2) is 21.5. The van der Waals surface area contributed by atoms with Gasteiger partial charge in [-0.25, -0.2) is 5.56 Å². The SMILES string of the molecule is CC(C)(C)c1c[c-]c(-c2[c-]c(-c3ccccn3)cc(-c3ccc(C(C)(C)C)cc3)c2)cc1.O=P(c1ccccc1)(c1ccccc1)c1ccc2[n-]c3ccc(P(=O)(c4ccccc4)c4ccccc4)cc3c2c1.[Au+3]. The minimum absolute atomic E-state index is 0. The molecule has 368 valence electrons. The number of pyridine rings is 1. The fourth-order valence-corrected chi connectivity index (χ4v) is 14.8. The third-order valence-electron chi connectivity index (χ3n) is 13.6. The Morgan fingerprint density at radius 2 is 0.838 bits per heavy atom. The summed E-state index contributed by atoms with van der Waals surface area (Å²) in [5, 5.41) is 6.44. The average Bonchev–Trinajstić information content (AvgIpc) is 3.81. The van der Waals surface area contributed by atoms with Crippen LogP contribution in [0.25, 0.3) is 55.3 Å². The van der Waals surface area contributed by atoms with Crippen molar-refractivity contribution in [2.45, 2.75) is 52.4 Å². The van der Waals surface area contributed by atoms with E-state index in [9.17, 15) is 0 Å². The van der Waals surface area contributed by atoms with Crippen molar-refractivity contribution < 1.29 is 31.5 Å². The molecule has 0 aliphatic heterocycles. The number of nitrogens with zero attached hydrogens (tertiary/aromatic N) is 2. The maximum Gasteiger partial charge on any atom is 3.00 e. The molecule has 2 heterocycles. The first-order valence-electron chi connectivity index (χ1n) is 24.8. The number of hydrogen-bond donors (Lipinski definition) is 0. The molecule has 11 rings (SSSR count). The fraction of sp³-hybridized carbons (Fsp3) is 0.119. The molecule has 0 fully saturated rings. The molecule has 4 nitrogen and oxygen atoms in total. The van der Waals surface area contributed by atoms with Gasteiger partial charge < -0.3 is 14.1 Å². The van der Waals surface area contributed by atoms with Gasteiger partial charge in [0.1, 0.15) is 0 Å². The van der Waals surface area contributed by atoms with Crippen molar-refractivity contribution in [2.75, 3.05) is 0 Å². The number of rotatable bonds is 9. The standard InChI is InChI=1S/C36H26NO2P2.C31H31N.Au/c38-40(27-13-5-1-6-14-27,28-15-7-2-8-16-28)31-21-23-35-33(25-31)34-26-32(22-24-36(34)37-35)41(39,29-17-9-3-10-18-29)30-19-11-4-12-20-30;1-30(2,3)27-14-10-22(11-15-27)24-19-25(21-26(20-24)29-9-7-8-18-32-29)23-12-16-28(17-13-23)31(4,5)6;/h1-26H;7-12,14-20H,1-6H3;/q-1;-2;+3. The fourth-order valence-electron chi connectivity index (χ4n) is 9.41. The molecule has 0 aliphatic rings. The Balaban J connectivity index is 0.000000185. The molecule has 9 aromatic carbocycles. The van der Waals surface area contributed by atoms with Gasteiger partial charge in [-0.05, 0) is 50.9 Å². The van der Waals surface area contributed by atoms with Crippen molar-refractivity contribution in [3.63, 3.8) is 0 Å². The summed E-state index contributed by atoms with van der Waals surface area (Å²) in [5.41, 5.74) is 10.8. The van der Waals surface area contributed by atoms with E-state index >= 15 is 9.13 Å². The Kier molecular flexibility index (Phi) is 15.1. The molecule has 0 radical (unpaired) electrons. The van der Waals surface area contributed by atoms with E-state index in [1.165, 1.54) is 16.7 Å². The van der Waals surface area contributed by atoms with Crippen LogP contribution in [0.3, 0.4) is 0 Å². The molecule has 11 aromatic rings. The van der Waals surface area contributed by atoms with E-state index in [2.05, 4.69) is 113 Å². The zero-order chi connectivity index (χ0) is 50.8. The topological polar surface area (TPSA) is 61.1 Å². The summed E-state index contributed by atoms with van der Waals surface area (Å²) >= 11 is 0. The minimum atomic E-state index is -3.16. The van der Waals surface area contributed by atoms with Crippen LogP contribution >= 0.6 is 14.3 Å². The number of fused-ring (bicyclic) bond motifs is 3. The van der Waals surface area contributed by atoms with E-state index in [0.717, 1.165) is 81.6 Å². The van der Waals surface area contributed by atoms with Gasteiger partial charge >= 0.3 is 22.4 Å². The van der Waals surface area contributed by atoms with Crippen LogP contribution in [0.1, 0.15) is 52.7 Å². The molecule has 0 amide bonds. The smallest absolute Gasteiger partial charge is 0.657 e. The second-order valence-electron chi connectivity index (χ2n) is 20.6. The van der Waals surface area contributed by atoms with Gasteiger partial charge in [0.25, 0.3) is 0 Å². The van der Waals surface area contributed by atoms with Crippen LogP contribution in [0.2, 0.25) is 0 Å². The van der Waals surface area contributed by atoms with Crippen molar-refractivity contribution >= 4 is 67.9 Å². The van der Waals surface area contributed by atoms with Gasteiger partial charge in [0.15, 0.2) is 14.3 Å². The summed E-state index contributed by atoms with van der Waals surface area (Å²) < 4.78 is 30.1. The molecule has 0 saturated heterocycles. The molecule has 0 atom stereocenters. The molecule has 0 aliphatic carbocycles. The first-order chi connectivity index (χ1) is 35.2. The largest absolute Gasteiger partial charge is 3.00 e. The quantitative estimate of drug-likeness (QED) is 0.0821. The maximum atomic E-state index is 15.1. The summed E-state index contributed by atoms with van der Waals surface area (Å²) in [6, 6.07) is 83.4. The third kappa shape index (κ3) is 10.6. The summed E-state index contributed by atoms with van der Waals surface area (Å²) in [5.74, 6) is 0. The predicted octanol–water partition coefficient (Wildman–Crippen LogP) is 14.5. The Labute approximate surface area is 452 Å². The Morgan fingerprint density at radius 1 is 0.405 bits per heavy atom. The van der Waals surface area contributed by atoms with Crippen LogP contribution in [0, 0.1) is 12.1 Å². The Hall–Kier alpha value is -6.87. The molecule has 7 heteroatoms. The monoisotopic (exact) mass is 1180 g/mol. The second-order valence-corrected chi connectivity index (χ2v) is 26.1. The zero-order valence-corrected chi connectivity index (χ0v) is 46.4. The van der Waals surface area contributed by atoms with E-state index in [4.69, 9.17) is 4.98 Å². The molecular weight excluding hydrogens is 1120 g/mol. The first-order valence-corrected chi connectivity index (χ1v) is 28.2. The van der Waals surface area contributed by atoms with E-state index < -0.39 is 14.3 Å². The van der Waals surface area contributed by atoms with Crippen molar-refractivity contribution in [1.29, 1.82) is 0 Å². The molecule has 0 bridgehead atoms. The van der Waals surface area contributed by atoms with Crippen LogP contribution in [0.5, 0.6) is 0 Å². The zero-order valence-electron chi connectivity index (χ0n) is 42.4. The molecule has 0 saturated carbocycles. The van der Waals surface area contributed by atoms with Gasteiger partial charge in [0, 0.05) is 43.7 Å². The summed E-state index contributed by atoms with van der Waals surface area (Å²) in [7, 11) is -6.31.